The molecule has 1 aliphatic rings. The number of aromatic nitrogens is 4. The molecule has 14 nitrogen and oxygen atoms in total. The van der Waals surface area contributed by atoms with E-state index < -0.39 is 53.1 Å². The topological polar surface area (TPSA) is 209 Å². The van der Waals surface area contributed by atoms with Crippen molar-refractivity contribution in [2.75, 3.05) is 6.61 Å². The van der Waals surface area contributed by atoms with Crippen molar-refractivity contribution in [3.05, 3.63) is 23.0 Å². The molecule has 0 bridgehead atoms. The quantitative estimate of drug-likeness (QED) is 0.287. The summed E-state index contributed by atoms with van der Waals surface area (Å²) in [7, 11) is -7.77. The van der Waals surface area contributed by atoms with Crippen molar-refractivity contribution in [3.63, 3.8) is 0 Å². The SMILES string of the molecule is O=c1[nH]cnc2c1ncn2[C@@H]1O[C@H](COP(O)O)[C@@H](OP(=O)(O)O)[C@H]1O. The maximum absolute atomic E-state index is 11.7. The number of hydrogen-bond acceptors (Lipinski definition) is 10. The van der Waals surface area contributed by atoms with Gasteiger partial charge in [-0.2, -0.15) is 0 Å². The molecular formula is C10H14N4O10P2. The zero-order valence-corrected chi connectivity index (χ0v) is 14.5. The molecule has 0 amide bonds. The van der Waals surface area contributed by atoms with Gasteiger partial charge in [-0.3, -0.25) is 13.9 Å². The average Bonchev–Trinajstić information content (AvgIpc) is 3.08. The monoisotopic (exact) mass is 412 g/mol. The highest BCUT2D eigenvalue weighted by Gasteiger charge is 2.49. The fourth-order valence-corrected chi connectivity index (χ4v) is 3.42. The minimum absolute atomic E-state index is 0.0373. The Hall–Kier alpha value is -1.31. The summed E-state index contributed by atoms with van der Waals surface area (Å²) in [5.41, 5.74) is -0.513. The number of nitrogens with one attached hydrogen (secondary N) is 1. The van der Waals surface area contributed by atoms with Crippen LogP contribution in [-0.4, -0.2) is 69.1 Å². The Morgan fingerprint density at radius 2 is 2.12 bits per heavy atom. The van der Waals surface area contributed by atoms with Crippen LogP contribution < -0.4 is 5.56 Å². The molecule has 26 heavy (non-hydrogen) atoms. The Balaban J connectivity index is 1.93. The van der Waals surface area contributed by atoms with Gasteiger partial charge < -0.3 is 38.9 Å². The number of rotatable bonds is 6. The minimum atomic E-state index is -5.01. The third kappa shape index (κ3) is 4.00. The van der Waals surface area contributed by atoms with Crippen LogP contribution in [0, 0.1) is 0 Å². The smallest absolute Gasteiger partial charge is 0.386 e. The summed E-state index contributed by atoms with van der Waals surface area (Å²) in [4.78, 5) is 57.6. The van der Waals surface area contributed by atoms with Gasteiger partial charge in [-0.05, 0) is 0 Å². The van der Waals surface area contributed by atoms with Gasteiger partial charge in [-0.1, -0.05) is 0 Å². The molecule has 1 saturated heterocycles. The van der Waals surface area contributed by atoms with E-state index >= 15 is 0 Å². The molecule has 0 saturated carbocycles. The van der Waals surface area contributed by atoms with E-state index in [-0.39, 0.29) is 11.2 Å². The second-order valence-corrected chi connectivity index (χ2v) is 7.18. The third-order valence-corrected chi connectivity index (χ3v) is 4.46. The van der Waals surface area contributed by atoms with E-state index in [4.69, 9.17) is 24.3 Å². The molecule has 0 aliphatic carbocycles. The first kappa shape index (κ1) is 19.5. The molecule has 1 aliphatic heterocycles. The van der Waals surface area contributed by atoms with E-state index in [1.807, 2.05) is 0 Å². The Labute approximate surface area is 145 Å². The molecule has 2 aromatic heterocycles. The van der Waals surface area contributed by atoms with Crippen LogP contribution in [0.4, 0.5) is 0 Å². The summed E-state index contributed by atoms with van der Waals surface area (Å²) < 4.78 is 27.0. The van der Waals surface area contributed by atoms with E-state index in [9.17, 15) is 14.5 Å². The number of H-pyrrole nitrogens is 1. The van der Waals surface area contributed by atoms with Gasteiger partial charge in [0.2, 0.25) is 0 Å². The van der Waals surface area contributed by atoms with Crippen molar-refractivity contribution in [2.24, 2.45) is 0 Å². The molecular weight excluding hydrogens is 398 g/mol. The van der Waals surface area contributed by atoms with E-state index in [0.29, 0.717) is 0 Å². The van der Waals surface area contributed by atoms with Gasteiger partial charge in [0, 0.05) is 0 Å². The molecule has 0 spiro atoms. The first-order chi connectivity index (χ1) is 12.2. The van der Waals surface area contributed by atoms with Crippen molar-refractivity contribution in [2.45, 2.75) is 24.5 Å². The predicted octanol–water partition coefficient (Wildman–Crippen LogP) is -1.92. The number of aliphatic hydroxyl groups is 1. The highest BCUT2D eigenvalue weighted by atomic mass is 31.2. The lowest BCUT2D eigenvalue weighted by Crippen LogP contribution is -2.35. The molecule has 0 aromatic carbocycles. The van der Waals surface area contributed by atoms with Crippen molar-refractivity contribution in [1.29, 1.82) is 0 Å². The fourth-order valence-electron chi connectivity index (χ4n) is 2.56. The maximum Gasteiger partial charge on any atom is 0.470 e. The molecule has 0 unspecified atom stereocenters. The van der Waals surface area contributed by atoms with Crippen molar-refractivity contribution < 1.29 is 43.0 Å². The average molecular weight is 412 g/mol. The van der Waals surface area contributed by atoms with Gasteiger partial charge in [0.1, 0.15) is 18.3 Å². The van der Waals surface area contributed by atoms with Crippen LogP contribution >= 0.6 is 16.4 Å². The number of phosphoric ester groups is 1. The Bertz CT molecular complexity index is 880. The van der Waals surface area contributed by atoms with Crippen LogP contribution in [0.15, 0.2) is 17.4 Å². The van der Waals surface area contributed by atoms with Gasteiger partial charge in [0.25, 0.3) is 5.56 Å². The van der Waals surface area contributed by atoms with Crippen LogP contribution in [0.1, 0.15) is 6.23 Å². The number of nitrogens with zero attached hydrogens (tertiary/aromatic N) is 3. The summed E-state index contributed by atoms with van der Waals surface area (Å²) in [6.07, 6.45) is -3.44. The molecule has 6 N–H and O–H groups in total. The van der Waals surface area contributed by atoms with Crippen LogP contribution in [0.2, 0.25) is 0 Å². The van der Waals surface area contributed by atoms with Crippen molar-refractivity contribution >= 4 is 27.6 Å². The molecule has 2 aromatic rings. The van der Waals surface area contributed by atoms with Crippen LogP contribution in [0.3, 0.4) is 0 Å². The number of phosphoric acid groups is 1. The van der Waals surface area contributed by atoms with Gasteiger partial charge in [-0.15, -0.1) is 0 Å². The minimum Gasteiger partial charge on any atom is -0.386 e. The standard InChI is InChI=1S/C10H14N4O10P2/c15-6-7(24-26(19,20)21)4(1-22-25(17)18)23-10(6)14-3-13-5-8(14)11-2-12-9(5)16/h2-4,6-7,10,15,17-18H,1H2,(H,11,12,16)(H2,19,20,21)/t4-,6-,7-,10-/m1/s1. The van der Waals surface area contributed by atoms with E-state index in [1.54, 1.807) is 0 Å². The summed E-state index contributed by atoms with van der Waals surface area (Å²) >= 11 is 0. The van der Waals surface area contributed by atoms with Gasteiger partial charge >= 0.3 is 16.4 Å². The largest absolute Gasteiger partial charge is 0.470 e. The fraction of sp³-hybridized carbons (Fsp3) is 0.500. The highest BCUT2D eigenvalue weighted by Crippen LogP contribution is 2.44. The van der Waals surface area contributed by atoms with Crippen LogP contribution in [0.5, 0.6) is 0 Å². The van der Waals surface area contributed by atoms with E-state index in [0.717, 1.165) is 12.7 Å². The molecule has 3 heterocycles. The summed E-state index contributed by atoms with van der Waals surface area (Å²) in [6.45, 7) is -0.530. The lowest BCUT2D eigenvalue weighted by molar-refractivity contribution is -0.0484. The molecule has 1 fully saturated rings. The van der Waals surface area contributed by atoms with Crippen molar-refractivity contribution in [1.82, 2.24) is 19.5 Å². The van der Waals surface area contributed by atoms with E-state index in [1.165, 1.54) is 4.57 Å². The summed E-state index contributed by atoms with van der Waals surface area (Å²) in [5, 5.41) is 10.4. The number of hydrogen-bond donors (Lipinski definition) is 6. The Morgan fingerprint density at radius 1 is 1.38 bits per heavy atom. The second kappa shape index (κ2) is 7.37. The lowest BCUT2D eigenvalue weighted by atomic mass is 10.1. The number of aromatic amines is 1. The number of imidazole rings is 1. The van der Waals surface area contributed by atoms with Gasteiger partial charge in [-0.25, -0.2) is 14.5 Å². The molecule has 0 radical (unpaired) electrons. The molecule has 144 valence electrons. The van der Waals surface area contributed by atoms with Crippen LogP contribution in [0.25, 0.3) is 11.2 Å². The summed E-state index contributed by atoms with van der Waals surface area (Å²) in [5.74, 6) is 0. The molecule has 16 heteroatoms. The molecule has 4 atom stereocenters. The highest BCUT2D eigenvalue weighted by molar-refractivity contribution is 7.46. The number of ether oxygens (including phenoxy) is 1. The maximum atomic E-state index is 11.7. The number of fused-ring (bicyclic) bond motifs is 1. The lowest BCUT2D eigenvalue weighted by Gasteiger charge is -2.20. The Morgan fingerprint density at radius 3 is 2.77 bits per heavy atom. The third-order valence-electron chi connectivity index (χ3n) is 3.56. The Kier molecular flexibility index (Phi) is 5.51. The zero-order valence-electron chi connectivity index (χ0n) is 12.7. The number of aliphatic hydroxyl groups excluding tert-OH is 1. The first-order valence-corrected chi connectivity index (χ1v) is 9.65. The predicted molar refractivity (Wildman–Crippen MR) is 82.3 cm³/mol. The van der Waals surface area contributed by atoms with Crippen molar-refractivity contribution in [3.8, 4) is 0 Å². The first-order valence-electron chi connectivity index (χ1n) is 6.96. The van der Waals surface area contributed by atoms with Crippen LogP contribution in [-0.2, 0) is 18.3 Å². The van der Waals surface area contributed by atoms with Gasteiger partial charge in [0.05, 0.1) is 19.3 Å². The zero-order chi connectivity index (χ0) is 19.1. The second-order valence-electron chi connectivity index (χ2n) is 5.22. The summed E-state index contributed by atoms with van der Waals surface area (Å²) in [6, 6.07) is 0. The van der Waals surface area contributed by atoms with E-state index in [2.05, 4.69) is 24.0 Å². The van der Waals surface area contributed by atoms with Gasteiger partial charge in [0.15, 0.2) is 17.4 Å². The molecule has 3 rings (SSSR count). The normalized spacial score (nSPS) is 26.8.